The molecule has 0 bridgehead atoms. The van der Waals surface area contributed by atoms with Crippen molar-refractivity contribution in [3.63, 3.8) is 0 Å². The molecule has 0 aliphatic carbocycles. The van der Waals surface area contributed by atoms with E-state index in [1.165, 1.54) is 18.2 Å². The van der Waals surface area contributed by atoms with Gasteiger partial charge in [-0.3, -0.25) is 14.9 Å². The first kappa shape index (κ1) is 15.2. The summed E-state index contributed by atoms with van der Waals surface area (Å²) in [6, 6.07) is 4.83. The Bertz CT molecular complexity index is 551. The monoisotopic (exact) mass is 292 g/mol. The molecule has 114 valence electrons. The highest BCUT2D eigenvalue weighted by Gasteiger charge is 2.27. The lowest BCUT2D eigenvalue weighted by molar-refractivity contribution is -0.384. The SMILES string of the molecule is CC1CCCC(C)N1Nc1ccc(C(N)=O)cc1[N+](=O)[O-]. The van der Waals surface area contributed by atoms with Gasteiger partial charge in [0.1, 0.15) is 5.69 Å². The maximum absolute atomic E-state index is 11.2. The molecule has 1 amide bonds. The van der Waals surface area contributed by atoms with Crippen LogP contribution in [-0.4, -0.2) is 27.9 Å². The number of anilines is 1. The zero-order chi connectivity index (χ0) is 15.6. The first-order valence-corrected chi connectivity index (χ1v) is 7.03. The number of carbonyl (C=O) groups is 1. The molecule has 7 heteroatoms. The Morgan fingerprint density at radius 2 is 2.00 bits per heavy atom. The Balaban J connectivity index is 2.30. The van der Waals surface area contributed by atoms with Crippen molar-refractivity contribution in [2.24, 2.45) is 5.73 Å². The topological polar surface area (TPSA) is 102 Å². The number of rotatable bonds is 4. The molecule has 0 saturated carbocycles. The molecule has 1 heterocycles. The predicted octanol–water partition coefficient (Wildman–Crippen LogP) is 2.28. The van der Waals surface area contributed by atoms with Crippen LogP contribution in [0.1, 0.15) is 43.5 Å². The number of primary amides is 1. The van der Waals surface area contributed by atoms with E-state index in [2.05, 4.69) is 19.3 Å². The van der Waals surface area contributed by atoms with E-state index in [1.807, 2.05) is 5.01 Å². The molecule has 1 saturated heterocycles. The number of piperidine rings is 1. The molecule has 0 spiro atoms. The lowest BCUT2D eigenvalue weighted by atomic mass is 10.00. The normalized spacial score (nSPS) is 22.8. The molecule has 0 aromatic heterocycles. The second-order valence-electron chi connectivity index (χ2n) is 5.50. The number of carbonyl (C=O) groups excluding carboxylic acids is 1. The van der Waals surface area contributed by atoms with Crippen molar-refractivity contribution in [2.75, 3.05) is 5.43 Å². The lowest BCUT2D eigenvalue weighted by Gasteiger charge is -2.39. The number of nitrogens with one attached hydrogen (secondary N) is 1. The lowest BCUT2D eigenvalue weighted by Crippen LogP contribution is -2.47. The maximum atomic E-state index is 11.2. The fourth-order valence-electron chi connectivity index (χ4n) is 2.71. The van der Waals surface area contributed by atoms with Crippen LogP contribution in [0.15, 0.2) is 18.2 Å². The van der Waals surface area contributed by atoms with Gasteiger partial charge in [0.05, 0.1) is 4.92 Å². The molecule has 3 N–H and O–H groups in total. The minimum Gasteiger partial charge on any atom is -0.366 e. The van der Waals surface area contributed by atoms with E-state index in [9.17, 15) is 14.9 Å². The van der Waals surface area contributed by atoms with Gasteiger partial charge in [0, 0.05) is 23.7 Å². The Labute approximate surface area is 123 Å². The molecular weight excluding hydrogens is 272 g/mol. The van der Waals surface area contributed by atoms with Crippen LogP contribution in [0.4, 0.5) is 11.4 Å². The number of hydrogen-bond acceptors (Lipinski definition) is 5. The summed E-state index contributed by atoms with van der Waals surface area (Å²) in [5, 5.41) is 13.2. The highest BCUT2D eigenvalue weighted by Crippen LogP contribution is 2.29. The molecule has 21 heavy (non-hydrogen) atoms. The number of hydrogen-bond donors (Lipinski definition) is 2. The summed E-state index contributed by atoms with van der Waals surface area (Å²) in [5.41, 5.74) is 8.67. The predicted molar refractivity (Wildman–Crippen MR) is 79.9 cm³/mol. The molecule has 2 unspecified atom stereocenters. The van der Waals surface area contributed by atoms with Gasteiger partial charge in [-0.15, -0.1) is 0 Å². The molecule has 1 aromatic rings. The molecule has 1 aromatic carbocycles. The third kappa shape index (κ3) is 3.30. The number of nitrogens with two attached hydrogens (primary N) is 1. The van der Waals surface area contributed by atoms with Crippen molar-refractivity contribution >= 4 is 17.3 Å². The van der Waals surface area contributed by atoms with Crippen molar-refractivity contribution in [3.05, 3.63) is 33.9 Å². The van der Waals surface area contributed by atoms with Crippen LogP contribution in [0.2, 0.25) is 0 Å². The van der Waals surface area contributed by atoms with Crippen LogP contribution < -0.4 is 11.2 Å². The van der Waals surface area contributed by atoms with Gasteiger partial charge in [-0.2, -0.15) is 0 Å². The summed E-state index contributed by atoms with van der Waals surface area (Å²) in [6.45, 7) is 4.18. The van der Waals surface area contributed by atoms with Crippen molar-refractivity contribution in [3.8, 4) is 0 Å². The van der Waals surface area contributed by atoms with Crippen LogP contribution in [0, 0.1) is 10.1 Å². The largest absolute Gasteiger partial charge is 0.366 e. The molecule has 2 rings (SSSR count). The van der Waals surface area contributed by atoms with Crippen molar-refractivity contribution in [1.82, 2.24) is 5.01 Å². The third-order valence-electron chi connectivity index (χ3n) is 3.92. The van der Waals surface area contributed by atoms with Crippen LogP contribution in [0.5, 0.6) is 0 Å². The van der Waals surface area contributed by atoms with Gasteiger partial charge in [-0.05, 0) is 38.8 Å². The van der Waals surface area contributed by atoms with Crippen molar-refractivity contribution in [2.45, 2.75) is 45.2 Å². The summed E-state index contributed by atoms with van der Waals surface area (Å²) >= 11 is 0. The molecule has 0 radical (unpaired) electrons. The van der Waals surface area contributed by atoms with E-state index in [-0.39, 0.29) is 11.3 Å². The van der Waals surface area contributed by atoms with E-state index < -0.39 is 10.8 Å². The van der Waals surface area contributed by atoms with Crippen molar-refractivity contribution < 1.29 is 9.72 Å². The Morgan fingerprint density at radius 3 is 2.52 bits per heavy atom. The van der Waals surface area contributed by atoms with Gasteiger partial charge in [0.15, 0.2) is 0 Å². The number of nitrogens with zero attached hydrogens (tertiary/aromatic N) is 2. The van der Waals surface area contributed by atoms with E-state index in [4.69, 9.17) is 5.73 Å². The highest BCUT2D eigenvalue weighted by atomic mass is 16.6. The summed E-state index contributed by atoms with van der Waals surface area (Å²) < 4.78 is 0. The Kier molecular flexibility index (Phi) is 4.42. The number of hydrazine groups is 1. The molecular formula is C14H20N4O3. The van der Waals surface area contributed by atoms with Gasteiger partial charge >= 0.3 is 0 Å². The number of nitro benzene ring substituents is 1. The quantitative estimate of drug-likeness (QED) is 0.655. The average molecular weight is 292 g/mol. The second kappa shape index (κ2) is 6.09. The van der Waals surface area contributed by atoms with Gasteiger partial charge in [-0.25, -0.2) is 5.01 Å². The summed E-state index contributed by atoms with van der Waals surface area (Å²) in [5.74, 6) is -0.677. The van der Waals surface area contributed by atoms with Gasteiger partial charge < -0.3 is 11.2 Å². The van der Waals surface area contributed by atoms with E-state index in [1.54, 1.807) is 0 Å². The summed E-state index contributed by atoms with van der Waals surface area (Å²) in [7, 11) is 0. The van der Waals surface area contributed by atoms with Crippen LogP contribution in [-0.2, 0) is 0 Å². The number of amides is 1. The van der Waals surface area contributed by atoms with E-state index in [0.717, 1.165) is 19.3 Å². The third-order valence-corrected chi connectivity index (χ3v) is 3.92. The fraction of sp³-hybridized carbons (Fsp3) is 0.500. The molecule has 7 nitrogen and oxygen atoms in total. The molecule has 1 aliphatic heterocycles. The first-order valence-electron chi connectivity index (χ1n) is 7.03. The van der Waals surface area contributed by atoms with Gasteiger partial charge in [0.25, 0.3) is 5.69 Å². The zero-order valence-electron chi connectivity index (χ0n) is 12.2. The Morgan fingerprint density at radius 1 is 1.38 bits per heavy atom. The minimum absolute atomic E-state index is 0.131. The van der Waals surface area contributed by atoms with E-state index >= 15 is 0 Å². The molecule has 1 fully saturated rings. The standard InChI is InChI=1S/C14H20N4O3/c1-9-4-3-5-10(2)17(9)16-12-7-6-11(14(15)19)8-13(12)18(20)21/h6-10,16H,3-5H2,1-2H3,(H2,15,19). The summed E-state index contributed by atoms with van der Waals surface area (Å²) in [6.07, 6.45) is 3.25. The average Bonchev–Trinajstić information content (AvgIpc) is 2.42. The smallest absolute Gasteiger partial charge is 0.294 e. The van der Waals surface area contributed by atoms with E-state index in [0.29, 0.717) is 17.8 Å². The molecule has 2 atom stereocenters. The Hall–Kier alpha value is -2.15. The second-order valence-corrected chi connectivity index (χ2v) is 5.50. The van der Waals surface area contributed by atoms with Crippen LogP contribution >= 0.6 is 0 Å². The van der Waals surface area contributed by atoms with Crippen LogP contribution in [0.3, 0.4) is 0 Å². The molecule has 1 aliphatic rings. The fourth-order valence-corrected chi connectivity index (χ4v) is 2.71. The van der Waals surface area contributed by atoms with Gasteiger partial charge in [0.2, 0.25) is 5.91 Å². The highest BCUT2D eigenvalue weighted by molar-refractivity contribution is 5.94. The maximum Gasteiger partial charge on any atom is 0.294 e. The summed E-state index contributed by atoms with van der Waals surface area (Å²) in [4.78, 5) is 21.8. The minimum atomic E-state index is -0.677. The van der Waals surface area contributed by atoms with Crippen molar-refractivity contribution in [1.29, 1.82) is 0 Å². The number of benzene rings is 1. The first-order chi connectivity index (χ1) is 9.90. The number of nitro groups is 1. The zero-order valence-corrected chi connectivity index (χ0v) is 12.2. The van der Waals surface area contributed by atoms with Gasteiger partial charge in [-0.1, -0.05) is 6.42 Å². The van der Waals surface area contributed by atoms with Crippen LogP contribution in [0.25, 0.3) is 0 Å².